The Morgan fingerprint density at radius 2 is 2.11 bits per heavy atom. The largest absolute Gasteiger partial charge is 0.376 e. The number of ether oxygens (including phenoxy) is 1. The summed E-state index contributed by atoms with van der Waals surface area (Å²) in [6.07, 6.45) is 6.94. The summed E-state index contributed by atoms with van der Waals surface area (Å²) in [6, 6.07) is 2.58. The highest BCUT2D eigenvalue weighted by Gasteiger charge is 2.42. The summed E-state index contributed by atoms with van der Waals surface area (Å²) in [4.78, 5) is 12.0. The van der Waals surface area contributed by atoms with E-state index in [4.69, 9.17) is 4.74 Å². The second kappa shape index (κ2) is 4.20. The van der Waals surface area contributed by atoms with Gasteiger partial charge in [-0.3, -0.25) is 4.79 Å². The predicted molar refractivity (Wildman–Crippen MR) is 72.6 cm³/mol. The molecule has 1 aromatic heterocycles. The first kappa shape index (κ1) is 11.7. The van der Waals surface area contributed by atoms with Crippen molar-refractivity contribution >= 4 is 5.78 Å². The Kier molecular flexibility index (Phi) is 2.59. The average molecular weight is 259 g/mol. The van der Waals surface area contributed by atoms with Crippen LogP contribution in [0.2, 0.25) is 0 Å². The van der Waals surface area contributed by atoms with Crippen LogP contribution in [0.5, 0.6) is 0 Å². The molecule has 0 N–H and O–H groups in total. The Hall–Kier alpha value is -1.09. The van der Waals surface area contributed by atoms with Crippen LogP contribution in [0.1, 0.15) is 59.9 Å². The van der Waals surface area contributed by atoms with Gasteiger partial charge in [0.2, 0.25) is 0 Å². The van der Waals surface area contributed by atoms with E-state index in [1.165, 1.54) is 24.2 Å². The van der Waals surface area contributed by atoms with Gasteiger partial charge in [-0.2, -0.15) is 0 Å². The second-order valence-electron chi connectivity index (χ2n) is 6.32. The standard InChI is InChI=1S/C16H21NO2/c1-10-9-12-13(3-2-4-15(12)18)17(10)14-7-8-19-16(14)11-5-6-11/h9,11,14,16H,2-8H2,1H3. The van der Waals surface area contributed by atoms with Crippen LogP contribution in [-0.2, 0) is 11.2 Å². The molecule has 2 unspecified atom stereocenters. The smallest absolute Gasteiger partial charge is 0.164 e. The highest BCUT2D eigenvalue weighted by atomic mass is 16.5. The first-order valence-electron chi connectivity index (χ1n) is 7.61. The summed E-state index contributed by atoms with van der Waals surface area (Å²) in [7, 11) is 0. The number of Topliss-reactive ketones (excluding diaryl/α,β-unsaturated/α-hetero) is 1. The Labute approximate surface area is 113 Å². The third kappa shape index (κ3) is 1.78. The van der Waals surface area contributed by atoms with Crippen molar-refractivity contribution in [2.24, 2.45) is 5.92 Å². The normalized spacial score (nSPS) is 30.7. The van der Waals surface area contributed by atoms with Crippen LogP contribution in [0.3, 0.4) is 0 Å². The SMILES string of the molecule is Cc1cc2c(n1C1CCOC1C1CC1)CCCC2=O. The zero-order chi connectivity index (χ0) is 13.0. The fourth-order valence-electron chi connectivity index (χ4n) is 3.96. The van der Waals surface area contributed by atoms with Gasteiger partial charge in [0.1, 0.15) is 0 Å². The maximum atomic E-state index is 12.0. The van der Waals surface area contributed by atoms with Crippen molar-refractivity contribution in [1.82, 2.24) is 4.57 Å². The number of rotatable bonds is 2. The molecule has 1 saturated heterocycles. The highest BCUT2D eigenvalue weighted by molar-refractivity contribution is 5.98. The molecule has 2 atom stereocenters. The number of carbonyl (C=O) groups excluding carboxylic acids is 1. The molecule has 1 aliphatic heterocycles. The number of fused-ring (bicyclic) bond motifs is 1. The van der Waals surface area contributed by atoms with Gasteiger partial charge in [-0.1, -0.05) is 0 Å². The summed E-state index contributed by atoms with van der Waals surface area (Å²) >= 11 is 0. The van der Waals surface area contributed by atoms with Crippen LogP contribution >= 0.6 is 0 Å². The van der Waals surface area contributed by atoms with Gasteiger partial charge in [0.15, 0.2) is 5.78 Å². The van der Waals surface area contributed by atoms with E-state index in [1.54, 1.807) is 0 Å². The number of nitrogens with zero attached hydrogens (tertiary/aromatic N) is 1. The highest BCUT2D eigenvalue weighted by Crippen LogP contribution is 2.45. The number of carbonyl (C=O) groups is 1. The molecule has 3 aliphatic rings. The van der Waals surface area contributed by atoms with Gasteiger partial charge >= 0.3 is 0 Å². The van der Waals surface area contributed by atoms with Gasteiger partial charge in [-0.25, -0.2) is 0 Å². The number of hydrogen-bond acceptors (Lipinski definition) is 2. The molecule has 0 amide bonds. The Bertz CT molecular complexity index is 527. The quantitative estimate of drug-likeness (QED) is 0.817. The van der Waals surface area contributed by atoms with E-state index < -0.39 is 0 Å². The molecule has 19 heavy (non-hydrogen) atoms. The zero-order valence-electron chi connectivity index (χ0n) is 11.5. The first-order chi connectivity index (χ1) is 9.25. The number of aryl methyl sites for hydroxylation is 1. The Morgan fingerprint density at radius 3 is 2.89 bits per heavy atom. The Morgan fingerprint density at radius 1 is 1.26 bits per heavy atom. The lowest BCUT2D eigenvalue weighted by Gasteiger charge is -2.25. The van der Waals surface area contributed by atoms with Crippen molar-refractivity contribution < 1.29 is 9.53 Å². The Balaban J connectivity index is 1.76. The summed E-state index contributed by atoms with van der Waals surface area (Å²) in [5, 5.41) is 0. The molecule has 0 bridgehead atoms. The molecule has 4 rings (SSSR count). The van der Waals surface area contributed by atoms with Crippen LogP contribution in [-0.4, -0.2) is 23.1 Å². The summed E-state index contributed by atoms with van der Waals surface area (Å²) in [6.45, 7) is 3.03. The lowest BCUT2D eigenvalue weighted by molar-refractivity contribution is 0.0740. The predicted octanol–water partition coefficient (Wildman–Crippen LogP) is 3.06. The molecule has 2 heterocycles. The van der Waals surface area contributed by atoms with E-state index >= 15 is 0 Å². The van der Waals surface area contributed by atoms with Crippen molar-refractivity contribution in [3.63, 3.8) is 0 Å². The molecule has 2 aliphatic carbocycles. The number of hydrogen-bond donors (Lipinski definition) is 0. The van der Waals surface area contributed by atoms with Crippen LogP contribution in [0.4, 0.5) is 0 Å². The van der Waals surface area contributed by atoms with E-state index in [1.807, 2.05) is 0 Å². The van der Waals surface area contributed by atoms with Crippen LogP contribution in [0, 0.1) is 12.8 Å². The average Bonchev–Trinajstić information content (AvgIpc) is 3.02. The molecule has 1 saturated carbocycles. The van der Waals surface area contributed by atoms with Gasteiger partial charge in [0.05, 0.1) is 12.1 Å². The first-order valence-corrected chi connectivity index (χ1v) is 7.61. The van der Waals surface area contributed by atoms with E-state index in [0.717, 1.165) is 43.8 Å². The van der Waals surface area contributed by atoms with Gasteiger partial charge in [-0.15, -0.1) is 0 Å². The summed E-state index contributed by atoms with van der Waals surface area (Å²) < 4.78 is 8.43. The lowest BCUT2D eigenvalue weighted by Crippen LogP contribution is -2.25. The minimum atomic E-state index is 0.338. The molecule has 0 aromatic carbocycles. The molecule has 3 nitrogen and oxygen atoms in total. The molecule has 102 valence electrons. The van der Waals surface area contributed by atoms with E-state index in [0.29, 0.717) is 17.9 Å². The fraction of sp³-hybridized carbons (Fsp3) is 0.688. The summed E-state index contributed by atoms with van der Waals surface area (Å²) in [5.74, 6) is 1.11. The topological polar surface area (TPSA) is 31.2 Å². The number of ketones is 1. The lowest BCUT2D eigenvalue weighted by atomic mass is 9.96. The van der Waals surface area contributed by atoms with E-state index in [2.05, 4.69) is 17.6 Å². The third-order valence-corrected chi connectivity index (χ3v) is 4.97. The van der Waals surface area contributed by atoms with E-state index in [-0.39, 0.29) is 0 Å². The molecule has 2 fully saturated rings. The maximum absolute atomic E-state index is 12.0. The van der Waals surface area contributed by atoms with Gasteiger partial charge in [0, 0.05) is 30.0 Å². The van der Waals surface area contributed by atoms with Crippen molar-refractivity contribution in [2.75, 3.05) is 6.61 Å². The molecular formula is C16H21NO2. The molecule has 0 radical (unpaired) electrons. The monoisotopic (exact) mass is 259 g/mol. The zero-order valence-corrected chi connectivity index (χ0v) is 11.5. The van der Waals surface area contributed by atoms with Crippen molar-refractivity contribution in [2.45, 2.75) is 57.6 Å². The van der Waals surface area contributed by atoms with Crippen LogP contribution in [0.25, 0.3) is 0 Å². The number of aromatic nitrogens is 1. The van der Waals surface area contributed by atoms with Crippen molar-refractivity contribution in [3.8, 4) is 0 Å². The van der Waals surface area contributed by atoms with Gasteiger partial charge in [-0.05, 0) is 51.0 Å². The fourth-order valence-corrected chi connectivity index (χ4v) is 3.96. The molecule has 1 aromatic rings. The second-order valence-corrected chi connectivity index (χ2v) is 6.32. The third-order valence-electron chi connectivity index (χ3n) is 4.97. The molecule has 0 spiro atoms. The van der Waals surface area contributed by atoms with Gasteiger partial charge in [0.25, 0.3) is 0 Å². The minimum absolute atomic E-state index is 0.338. The van der Waals surface area contributed by atoms with Crippen LogP contribution in [0.15, 0.2) is 6.07 Å². The molecular weight excluding hydrogens is 238 g/mol. The van der Waals surface area contributed by atoms with Gasteiger partial charge < -0.3 is 9.30 Å². The van der Waals surface area contributed by atoms with Crippen LogP contribution < -0.4 is 0 Å². The minimum Gasteiger partial charge on any atom is -0.376 e. The molecule has 3 heteroatoms. The van der Waals surface area contributed by atoms with Crippen molar-refractivity contribution in [3.05, 3.63) is 23.0 Å². The maximum Gasteiger partial charge on any atom is 0.164 e. The van der Waals surface area contributed by atoms with E-state index in [9.17, 15) is 4.79 Å². The van der Waals surface area contributed by atoms with Crippen molar-refractivity contribution in [1.29, 1.82) is 0 Å². The summed E-state index contributed by atoms with van der Waals surface area (Å²) in [5.41, 5.74) is 3.53.